The average molecular weight is 346 g/mol. The smallest absolute Gasteiger partial charge is 0.317 e. The molecule has 0 unspecified atom stereocenters. The van der Waals surface area contributed by atoms with Gasteiger partial charge in [-0.1, -0.05) is 24.6 Å². The molecule has 1 aromatic rings. The molecule has 1 N–H and O–H groups in total. The molecule has 1 atom stereocenters. The predicted octanol–water partition coefficient (Wildman–Crippen LogP) is 3.57. The average Bonchev–Trinajstić information content (AvgIpc) is 2.59. The Morgan fingerprint density at radius 3 is 2.60 bits per heavy atom. The molecule has 3 rings (SSSR count). The fraction of sp³-hybridized carbons (Fsp3) is 0.650. The minimum atomic E-state index is 0.0857. The second-order valence-electron chi connectivity index (χ2n) is 7.24. The second kappa shape index (κ2) is 8.56. The van der Waals surface area contributed by atoms with Gasteiger partial charge in [-0.15, -0.1) is 0 Å². The topological polar surface area (TPSA) is 50.8 Å². The summed E-state index contributed by atoms with van der Waals surface area (Å²) in [7, 11) is 1.68. The van der Waals surface area contributed by atoms with Crippen molar-refractivity contribution in [2.45, 2.75) is 57.8 Å². The Morgan fingerprint density at radius 2 is 1.96 bits per heavy atom. The number of likely N-dealkylation sites (tertiary alicyclic amines) is 1. The van der Waals surface area contributed by atoms with Crippen molar-refractivity contribution in [2.75, 3.05) is 20.2 Å². The van der Waals surface area contributed by atoms with Gasteiger partial charge in [0.15, 0.2) is 0 Å². The second-order valence-corrected chi connectivity index (χ2v) is 7.24. The van der Waals surface area contributed by atoms with E-state index in [1.165, 1.54) is 19.3 Å². The van der Waals surface area contributed by atoms with Crippen LogP contribution in [0.4, 0.5) is 4.79 Å². The summed E-state index contributed by atoms with van der Waals surface area (Å²) in [6, 6.07) is 8.32. The first-order valence-corrected chi connectivity index (χ1v) is 9.46. The molecule has 1 saturated carbocycles. The number of nitrogens with one attached hydrogen (secondary N) is 1. The van der Waals surface area contributed by atoms with Crippen molar-refractivity contribution < 1.29 is 14.3 Å². The van der Waals surface area contributed by atoms with E-state index in [1.807, 2.05) is 29.2 Å². The highest BCUT2D eigenvalue weighted by molar-refractivity contribution is 5.74. The summed E-state index contributed by atoms with van der Waals surface area (Å²) < 4.78 is 11.4. The molecule has 5 nitrogen and oxygen atoms in total. The molecule has 2 fully saturated rings. The zero-order valence-corrected chi connectivity index (χ0v) is 15.4. The quantitative estimate of drug-likeness (QED) is 0.857. The maximum absolute atomic E-state index is 12.4. The molecule has 138 valence electrons. The molecule has 1 aliphatic carbocycles. The first-order chi connectivity index (χ1) is 12.2. The summed E-state index contributed by atoms with van der Waals surface area (Å²) in [6.07, 6.45) is 5.79. The molecular formula is C20H30N2O3. The molecule has 2 aliphatic rings. The SMILES string of the molecule is COc1ccccc1COC1CCN(C(=O)N[C@H](C)C2CCC2)CC1. The fourth-order valence-corrected chi connectivity index (χ4v) is 3.60. The van der Waals surface area contributed by atoms with E-state index < -0.39 is 0 Å². The van der Waals surface area contributed by atoms with E-state index >= 15 is 0 Å². The third-order valence-electron chi connectivity index (χ3n) is 5.60. The molecule has 25 heavy (non-hydrogen) atoms. The van der Waals surface area contributed by atoms with Crippen LogP contribution in [0.25, 0.3) is 0 Å². The lowest BCUT2D eigenvalue weighted by molar-refractivity contribution is 0.00341. The maximum Gasteiger partial charge on any atom is 0.317 e. The monoisotopic (exact) mass is 346 g/mol. The van der Waals surface area contributed by atoms with Crippen LogP contribution in [-0.2, 0) is 11.3 Å². The molecular weight excluding hydrogens is 316 g/mol. The Balaban J connectivity index is 1.40. The van der Waals surface area contributed by atoms with Crippen LogP contribution in [0.3, 0.4) is 0 Å². The minimum absolute atomic E-state index is 0.0857. The van der Waals surface area contributed by atoms with Crippen molar-refractivity contribution in [3.8, 4) is 5.75 Å². The van der Waals surface area contributed by atoms with E-state index in [2.05, 4.69) is 12.2 Å². The Morgan fingerprint density at radius 1 is 1.24 bits per heavy atom. The molecule has 1 aromatic carbocycles. The van der Waals surface area contributed by atoms with Crippen molar-refractivity contribution in [3.05, 3.63) is 29.8 Å². The lowest BCUT2D eigenvalue weighted by atomic mass is 9.80. The summed E-state index contributed by atoms with van der Waals surface area (Å²) in [5.41, 5.74) is 1.07. The largest absolute Gasteiger partial charge is 0.496 e. The summed E-state index contributed by atoms with van der Waals surface area (Å²) >= 11 is 0. The molecule has 1 heterocycles. The van der Waals surface area contributed by atoms with Gasteiger partial charge in [-0.05, 0) is 44.6 Å². The summed E-state index contributed by atoms with van der Waals surface area (Å²) in [5.74, 6) is 1.54. The van der Waals surface area contributed by atoms with Crippen LogP contribution in [-0.4, -0.2) is 43.3 Å². The highest BCUT2D eigenvalue weighted by Crippen LogP contribution is 2.29. The van der Waals surface area contributed by atoms with Crippen LogP contribution in [0.2, 0.25) is 0 Å². The lowest BCUT2D eigenvalue weighted by Gasteiger charge is -2.36. The first kappa shape index (κ1) is 18.1. The van der Waals surface area contributed by atoms with Crippen molar-refractivity contribution in [2.24, 2.45) is 5.92 Å². The maximum atomic E-state index is 12.4. The van der Waals surface area contributed by atoms with Crippen LogP contribution in [0.15, 0.2) is 24.3 Å². The van der Waals surface area contributed by atoms with E-state index in [0.29, 0.717) is 18.6 Å². The number of hydrogen-bond acceptors (Lipinski definition) is 3. The zero-order valence-electron chi connectivity index (χ0n) is 15.4. The van der Waals surface area contributed by atoms with Crippen LogP contribution in [0.1, 0.15) is 44.6 Å². The van der Waals surface area contributed by atoms with Gasteiger partial charge in [0.1, 0.15) is 5.75 Å². The van der Waals surface area contributed by atoms with Gasteiger partial charge < -0.3 is 19.7 Å². The van der Waals surface area contributed by atoms with E-state index in [9.17, 15) is 4.79 Å². The van der Waals surface area contributed by atoms with E-state index in [-0.39, 0.29) is 12.1 Å². The number of nitrogens with zero attached hydrogens (tertiary/aromatic N) is 1. The third-order valence-corrected chi connectivity index (χ3v) is 5.60. The molecule has 0 bridgehead atoms. The third kappa shape index (κ3) is 4.66. The Kier molecular flexibility index (Phi) is 6.19. The van der Waals surface area contributed by atoms with Crippen LogP contribution in [0, 0.1) is 5.92 Å². The van der Waals surface area contributed by atoms with Crippen molar-refractivity contribution in [1.82, 2.24) is 10.2 Å². The van der Waals surface area contributed by atoms with E-state index in [0.717, 1.165) is 37.2 Å². The first-order valence-electron chi connectivity index (χ1n) is 9.46. The van der Waals surface area contributed by atoms with E-state index in [1.54, 1.807) is 7.11 Å². The summed E-state index contributed by atoms with van der Waals surface area (Å²) in [4.78, 5) is 14.3. The number of urea groups is 1. The van der Waals surface area contributed by atoms with Gasteiger partial charge in [-0.25, -0.2) is 4.79 Å². The number of ether oxygens (including phenoxy) is 2. The van der Waals surface area contributed by atoms with Crippen molar-refractivity contribution in [3.63, 3.8) is 0 Å². The van der Waals surface area contributed by atoms with Gasteiger partial charge in [-0.2, -0.15) is 0 Å². The zero-order chi connectivity index (χ0) is 17.6. The van der Waals surface area contributed by atoms with Crippen molar-refractivity contribution in [1.29, 1.82) is 0 Å². The van der Waals surface area contributed by atoms with Gasteiger partial charge in [0.2, 0.25) is 0 Å². The number of carbonyl (C=O) groups is 1. The number of para-hydroxylation sites is 1. The molecule has 0 aromatic heterocycles. The van der Waals surface area contributed by atoms with Gasteiger partial charge in [0, 0.05) is 24.7 Å². The minimum Gasteiger partial charge on any atom is -0.496 e. The van der Waals surface area contributed by atoms with Gasteiger partial charge >= 0.3 is 6.03 Å². The van der Waals surface area contributed by atoms with Gasteiger partial charge in [-0.3, -0.25) is 0 Å². The Labute approximate surface area is 150 Å². The number of hydrogen-bond donors (Lipinski definition) is 1. The Hall–Kier alpha value is -1.75. The molecule has 0 radical (unpaired) electrons. The van der Waals surface area contributed by atoms with Crippen LogP contribution >= 0.6 is 0 Å². The number of rotatable bonds is 6. The fourth-order valence-electron chi connectivity index (χ4n) is 3.60. The molecule has 5 heteroatoms. The van der Waals surface area contributed by atoms with Crippen molar-refractivity contribution >= 4 is 6.03 Å². The Bertz CT molecular complexity index is 566. The van der Waals surface area contributed by atoms with Crippen LogP contribution in [0.5, 0.6) is 5.75 Å². The number of benzene rings is 1. The number of carbonyl (C=O) groups excluding carboxylic acids is 1. The highest BCUT2D eigenvalue weighted by atomic mass is 16.5. The van der Waals surface area contributed by atoms with Crippen LogP contribution < -0.4 is 10.1 Å². The van der Waals surface area contributed by atoms with Gasteiger partial charge in [0.25, 0.3) is 0 Å². The lowest BCUT2D eigenvalue weighted by Crippen LogP contribution is -2.50. The molecule has 2 amide bonds. The predicted molar refractivity (Wildman–Crippen MR) is 97.7 cm³/mol. The highest BCUT2D eigenvalue weighted by Gasteiger charge is 2.28. The molecule has 1 aliphatic heterocycles. The molecule has 1 saturated heterocycles. The number of methoxy groups -OCH3 is 1. The number of amides is 2. The normalized spacial score (nSPS) is 20.0. The standard InChI is InChI=1S/C20H30N2O3/c1-15(16-7-5-8-16)21-20(23)22-12-10-18(11-13-22)25-14-17-6-3-4-9-19(17)24-2/h3-4,6,9,15-16,18H,5,7-8,10-14H2,1-2H3,(H,21,23)/t15-/m1/s1. The number of piperidine rings is 1. The summed E-state index contributed by atoms with van der Waals surface area (Å²) in [5, 5.41) is 3.17. The molecule has 0 spiro atoms. The summed E-state index contributed by atoms with van der Waals surface area (Å²) in [6.45, 7) is 4.21. The van der Waals surface area contributed by atoms with E-state index in [4.69, 9.17) is 9.47 Å². The van der Waals surface area contributed by atoms with Gasteiger partial charge in [0.05, 0.1) is 19.8 Å².